The quantitative estimate of drug-likeness (QED) is 0.710. The third-order valence-corrected chi connectivity index (χ3v) is 3.15. The zero-order valence-electron chi connectivity index (χ0n) is 6.21. The van der Waals surface area contributed by atoms with Crippen LogP contribution in [0.5, 0.6) is 5.88 Å². The maximum absolute atomic E-state index is 9.36. The second-order valence-electron chi connectivity index (χ2n) is 2.38. The number of hydrogen-bond acceptors (Lipinski definition) is 4. The fraction of sp³-hybridized carbons (Fsp3) is 0.143. The molecule has 1 N–H and O–H groups in total. The summed E-state index contributed by atoms with van der Waals surface area (Å²) < 4.78 is 0.654. The van der Waals surface area contributed by atoms with Gasteiger partial charge in [-0.15, -0.1) is 11.3 Å². The molecule has 0 saturated carbocycles. The SMILES string of the molecule is Cc1c(Cl)sc2ncnc(O)c12. The van der Waals surface area contributed by atoms with E-state index in [-0.39, 0.29) is 5.88 Å². The van der Waals surface area contributed by atoms with E-state index in [4.69, 9.17) is 11.6 Å². The minimum absolute atomic E-state index is 0.000602. The van der Waals surface area contributed by atoms with Crippen LogP contribution >= 0.6 is 22.9 Å². The molecule has 0 saturated heterocycles. The van der Waals surface area contributed by atoms with Crippen LogP contribution in [0.3, 0.4) is 0 Å². The van der Waals surface area contributed by atoms with Gasteiger partial charge in [0.2, 0.25) is 5.88 Å². The molecule has 5 heteroatoms. The fourth-order valence-corrected chi connectivity index (χ4v) is 2.21. The van der Waals surface area contributed by atoms with E-state index in [1.165, 1.54) is 17.7 Å². The highest BCUT2D eigenvalue weighted by Gasteiger charge is 2.11. The van der Waals surface area contributed by atoms with Crippen LogP contribution in [0.1, 0.15) is 5.56 Å². The van der Waals surface area contributed by atoms with Gasteiger partial charge >= 0.3 is 0 Å². The lowest BCUT2D eigenvalue weighted by atomic mass is 10.3. The summed E-state index contributed by atoms with van der Waals surface area (Å²) in [5.74, 6) is 0.000602. The molecule has 3 nitrogen and oxygen atoms in total. The van der Waals surface area contributed by atoms with Gasteiger partial charge in [-0.3, -0.25) is 0 Å². The normalized spacial score (nSPS) is 10.8. The van der Waals surface area contributed by atoms with Crippen molar-refractivity contribution in [1.29, 1.82) is 0 Å². The van der Waals surface area contributed by atoms with Crippen molar-refractivity contribution >= 4 is 33.2 Å². The Kier molecular flexibility index (Phi) is 1.66. The first kappa shape index (κ1) is 7.76. The van der Waals surface area contributed by atoms with E-state index in [0.717, 1.165) is 10.4 Å². The summed E-state index contributed by atoms with van der Waals surface area (Å²) in [6.45, 7) is 1.84. The lowest BCUT2D eigenvalue weighted by Gasteiger charge is -1.92. The lowest BCUT2D eigenvalue weighted by Crippen LogP contribution is -1.78. The summed E-state index contributed by atoms with van der Waals surface area (Å²) in [6, 6.07) is 0. The second-order valence-corrected chi connectivity index (χ2v) is 3.98. The molecule has 0 aliphatic heterocycles. The van der Waals surface area contributed by atoms with Gasteiger partial charge in [0.15, 0.2) is 0 Å². The van der Waals surface area contributed by atoms with Gasteiger partial charge in [-0.2, -0.15) is 0 Å². The molecule has 2 rings (SSSR count). The Balaban J connectivity index is 2.97. The average Bonchev–Trinajstić information content (AvgIpc) is 2.29. The molecule has 2 aromatic heterocycles. The van der Waals surface area contributed by atoms with E-state index < -0.39 is 0 Å². The molecule has 2 heterocycles. The van der Waals surface area contributed by atoms with Gasteiger partial charge in [0.25, 0.3) is 0 Å². The number of nitrogens with zero attached hydrogens (tertiary/aromatic N) is 2. The largest absolute Gasteiger partial charge is 0.493 e. The minimum Gasteiger partial charge on any atom is -0.493 e. The van der Waals surface area contributed by atoms with E-state index in [2.05, 4.69) is 9.97 Å². The number of fused-ring (bicyclic) bond motifs is 1. The first-order chi connectivity index (χ1) is 5.70. The molecule has 0 bridgehead atoms. The van der Waals surface area contributed by atoms with Crippen molar-refractivity contribution in [3.63, 3.8) is 0 Å². The van der Waals surface area contributed by atoms with E-state index in [9.17, 15) is 5.11 Å². The molecular formula is C7H5ClN2OS. The standard InChI is InChI=1S/C7H5ClN2OS/c1-3-4-6(11)9-2-10-7(4)12-5(3)8/h2H,1H3,(H,9,10,11). The van der Waals surface area contributed by atoms with Crippen molar-refractivity contribution in [2.45, 2.75) is 6.92 Å². The molecule has 0 fully saturated rings. The van der Waals surface area contributed by atoms with Gasteiger partial charge in [-0.1, -0.05) is 11.6 Å². The topological polar surface area (TPSA) is 46.0 Å². The molecule has 0 aliphatic carbocycles. The highest BCUT2D eigenvalue weighted by atomic mass is 35.5. The molecule has 62 valence electrons. The zero-order chi connectivity index (χ0) is 8.72. The van der Waals surface area contributed by atoms with E-state index in [1.54, 1.807) is 0 Å². The summed E-state index contributed by atoms with van der Waals surface area (Å²) in [5, 5.41) is 10.0. The minimum atomic E-state index is 0.000602. The second kappa shape index (κ2) is 2.57. The molecule has 0 atom stereocenters. The molecule has 0 aromatic carbocycles. The Labute approximate surface area is 77.7 Å². The molecular weight excluding hydrogens is 196 g/mol. The summed E-state index contributed by atoms with van der Waals surface area (Å²) in [5.41, 5.74) is 0.842. The van der Waals surface area contributed by atoms with Crippen LogP contribution in [0.4, 0.5) is 0 Å². The van der Waals surface area contributed by atoms with Crippen LogP contribution in [0.25, 0.3) is 10.2 Å². The van der Waals surface area contributed by atoms with Crippen molar-refractivity contribution < 1.29 is 5.11 Å². The first-order valence-corrected chi connectivity index (χ1v) is 4.48. The molecule has 0 spiro atoms. The van der Waals surface area contributed by atoms with Crippen molar-refractivity contribution in [2.24, 2.45) is 0 Å². The van der Waals surface area contributed by atoms with E-state index in [0.29, 0.717) is 9.72 Å². The third-order valence-electron chi connectivity index (χ3n) is 1.65. The molecule has 0 amide bonds. The van der Waals surface area contributed by atoms with Gasteiger partial charge in [0, 0.05) is 0 Å². The highest BCUT2D eigenvalue weighted by Crippen LogP contribution is 2.36. The van der Waals surface area contributed by atoms with Gasteiger partial charge in [-0.25, -0.2) is 9.97 Å². The van der Waals surface area contributed by atoms with Crippen LogP contribution < -0.4 is 0 Å². The smallest absolute Gasteiger partial charge is 0.223 e. The summed E-state index contributed by atoms with van der Waals surface area (Å²) in [7, 11) is 0. The van der Waals surface area contributed by atoms with E-state index in [1.807, 2.05) is 6.92 Å². The van der Waals surface area contributed by atoms with Crippen LogP contribution in [-0.2, 0) is 0 Å². The van der Waals surface area contributed by atoms with Gasteiger partial charge in [0.1, 0.15) is 11.2 Å². The van der Waals surface area contributed by atoms with Crippen LogP contribution in [0.15, 0.2) is 6.33 Å². The maximum atomic E-state index is 9.36. The van der Waals surface area contributed by atoms with Gasteiger partial charge in [0.05, 0.1) is 9.72 Å². The Hall–Kier alpha value is -0.870. The number of halogens is 1. The molecule has 0 radical (unpaired) electrons. The Bertz CT molecular complexity index is 440. The average molecular weight is 201 g/mol. The fourth-order valence-electron chi connectivity index (χ4n) is 1.03. The van der Waals surface area contributed by atoms with E-state index >= 15 is 0 Å². The number of hydrogen-bond donors (Lipinski definition) is 1. The van der Waals surface area contributed by atoms with Crippen LogP contribution in [0.2, 0.25) is 4.34 Å². The number of aromatic nitrogens is 2. The number of aromatic hydroxyl groups is 1. The molecule has 12 heavy (non-hydrogen) atoms. The predicted octanol–water partition coefficient (Wildman–Crippen LogP) is 2.36. The third kappa shape index (κ3) is 0.956. The lowest BCUT2D eigenvalue weighted by molar-refractivity contribution is 0.459. The highest BCUT2D eigenvalue weighted by molar-refractivity contribution is 7.22. The monoisotopic (exact) mass is 200 g/mol. The maximum Gasteiger partial charge on any atom is 0.223 e. The Morgan fingerprint density at radius 2 is 2.25 bits per heavy atom. The molecule has 0 aliphatic rings. The summed E-state index contributed by atoms with van der Waals surface area (Å²) in [6.07, 6.45) is 1.32. The summed E-state index contributed by atoms with van der Waals surface area (Å²) in [4.78, 5) is 8.39. The number of thiophene rings is 1. The predicted molar refractivity (Wildman–Crippen MR) is 48.8 cm³/mol. The van der Waals surface area contributed by atoms with Crippen molar-refractivity contribution in [2.75, 3.05) is 0 Å². The summed E-state index contributed by atoms with van der Waals surface area (Å²) >= 11 is 7.21. The Morgan fingerprint density at radius 3 is 2.92 bits per heavy atom. The molecule has 0 unspecified atom stereocenters. The van der Waals surface area contributed by atoms with Crippen LogP contribution in [0, 0.1) is 6.92 Å². The van der Waals surface area contributed by atoms with Crippen molar-refractivity contribution in [3.8, 4) is 5.88 Å². The first-order valence-electron chi connectivity index (χ1n) is 3.28. The van der Waals surface area contributed by atoms with Crippen LogP contribution in [-0.4, -0.2) is 15.1 Å². The Morgan fingerprint density at radius 1 is 1.50 bits per heavy atom. The van der Waals surface area contributed by atoms with Gasteiger partial charge < -0.3 is 5.11 Å². The van der Waals surface area contributed by atoms with Gasteiger partial charge in [-0.05, 0) is 12.5 Å². The molecule has 2 aromatic rings. The number of aryl methyl sites for hydroxylation is 1. The zero-order valence-corrected chi connectivity index (χ0v) is 7.78. The van der Waals surface area contributed by atoms with Crippen molar-refractivity contribution in [1.82, 2.24) is 9.97 Å². The number of rotatable bonds is 0. The van der Waals surface area contributed by atoms with Crippen molar-refractivity contribution in [3.05, 3.63) is 16.2 Å².